The van der Waals surface area contributed by atoms with Crippen LogP contribution in [0.3, 0.4) is 0 Å². The second-order valence-corrected chi connectivity index (χ2v) is 11.7. The van der Waals surface area contributed by atoms with E-state index in [-0.39, 0.29) is 46.7 Å². The number of aromatic nitrogens is 4. The van der Waals surface area contributed by atoms with Gasteiger partial charge in [0.15, 0.2) is 16.7 Å². The number of carboxylic acid groups (broad SMARTS) is 1. The molecule has 4 unspecified atom stereocenters. The number of aromatic amines is 1. The number of rotatable bonds is 9. The van der Waals surface area contributed by atoms with Crippen LogP contribution >= 0.6 is 34.2 Å². The summed E-state index contributed by atoms with van der Waals surface area (Å²) in [6.45, 7) is 0.0551. The first-order chi connectivity index (χ1) is 18.6. The van der Waals surface area contributed by atoms with Crippen LogP contribution in [0.1, 0.15) is 30.8 Å². The highest BCUT2D eigenvalue weighted by Gasteiger charge is 2.53. The van der Waals surface area contributed by atoms with Crippen molar-refractivity contribution >= 4 is 66.0 Å². The molecule has 0 spiro atoms. The largest absolute Gasteiger partial charge is 0.473 e. The van der Waals surface area contributed by atoms with Crippen LogP contribution in [0.25, 0.3) is 0 Å². The van der Waals surface area contributed by atoms with E-state index in [4.69, 9.17) is 28.5 Å². The second-order valence-electron chi connectivity index (χ2n) is 8.38. The topological polar surface area (TPSA) is 244 Å². The lowest BCUT2D eigenvalue weighted by Crippen LogP contribution is -2.73. The number of nitrogens with two attached hydrogens (primary N) is 2. The van der Waals surface area contributed by atoms with Crippen molar-refractivity contribution < 1.29 is 24.6 Å². The molecule has 1 amide bonds. The molecule has 0 radical (unpaired) electrons. The minimum absolute atomic E-state index is 0.00134. The Kier molecular flexibility index (Phi) is 8.67. The highest BCUT2D eigenvalue weighted by Crippen LogP contribution is 2.45. The van der Waals surface area contributed by atoms with Crippen molar-refractivity contribution in [2.45, 2.75) is 44.1 Å². The maximum absolute atomic E-state index is 13.0. The molecule has 1 saturated heterocycles. The lowest BCUT2D eigenvalue weighted by atomic mass is 9.91. The molecule has 4 heterocycles. The van der Waals surface area contributed by atoms with Gasteiger partial charge in [0, 0.05) is 30.9 Å². The van der Waals surface area contributed by atoms with Gasteiger partial charge in [-0.05, 0) is 28.4 Å². The van der Waals surface area contributed by atoms with Crippen LogP contribution in [-0.4, -0.2) is 92.9 Å². The molecular weight excluding hydrogens is 574 g/mol. The maximum atomic E-state index is 13.0. The molecule has 0 aliphatic carbocycles. The van der Waals surface area contributed by atoms with E-state index in [2.05, 4.69) is 25.7 Å². The molecule has 1 fully saturated rings. The summed E-state index contributed by atoms with van der Waals surface area (Å²) in [5.41, 5.74) is 9.47. The van der Waals surface area contributed by atoms with Crippen LogP contribution in [0.15, 0.2) is 20.1 Å². The third kappa shape index (κ3) is 5.54. The van der Waals surface area contributed by atoms with Crippen molar-refractivity contribution in [1.82, 2.24) is 29.4 Å². The number of carbonyl (C=O) groups excluding carboxylic acids is 1. The minimum atomic E-state index is -1.57. The van der Waals surface area contributed by atoms with E-state index in [0.717, 1.165) is 15.9 Å². The molecule has 19 heteroatoms. The number of fused-ring (bicyclic) bond motifs is 1. The van der Waals surface area contributed by atoms with Crippen LogP contribution in [0.5, 0.6) is 0 Å². The number of carbonyl (C=O) groups is 2. The summed E-state index contributed by atoms with van der Waals surface area (Å²) in [6.07, 6.45) is -0.599. The number of aliphatic hydroxyl groups is 1. The lowest BCUT2D eigenvalue weighted by Gasteiger charge is -2.55. The molecule has 8 N–H and O–H groups in total. The van der Waals surface area contributed by atoms with Crippen molar-refractivity contribution in [3.8, 4) is 0 Å². The van der Waals surface area contributed by atoms with Gasteiger partial charge in [0.25, 0.3) is 5.91 Å². The van der Waals surface area contributed by atoms with Crippen molar-refractivity contribution in [3.05, 3.63) is 37.6 Å². The van der Waals surface area contributed by atoms with E-state index in [1.165, 1.54) is 16.8 Å². The van der Waals surface area contributed by atoms with Gasteiger partial charge in [-0.2, -0.15) is 5.10 Å². The van der Waals surface area contributed by atoms with Gasteiger partial charge in [-0.15, -0.1) is 11.3 Å². The molecule has 2 aromatic heterocycles. The summed E-state index contributed by atoms with van der Waals surface area (Å²) >= 11 is 6.58. The normalized spacial score (nSPS) is 23.1. The summed E-state index contributed by atoms with van der Waals surface area (Å²) in [5.74, 6) is -0.649. The third-order valence-corrected chi connectivity index (χ3v) is 9.21. The Labute approximate surface area is 231 Å². The van der Waals surface area contributed by atoms with Gasteiger partial charge in [0.2, 0.25) is 0 Å². The first-order valence-corrected chi connectivity index (χ1v) is 13.9. The smallest absolute Gasteiger partial charge is 0.373 e. The molecule has 2 aliphatic rings. The van der Waals surface area contributed by atoms with Gasteiger partial charge < -0.3 is 31.8 Å². The maximum Gasteiger partial charge on any atom is 0.373 e. The number of nitrogens with one attached hydrogen (secondary N) is 2. The predicted molar refractivity (Wildman–Crippen MR) is 148 cm³/mol. The van der Waals surface area contributed by atoms with Gasteiger partial charge in [0.1, 0.15) is 19.0 Å². The van der Waals surface area contributed by atoms with Gasteiger partial charge in [-0.3, -0.25) is 19.0 Å². The van der Waals surface area contributed by atoms with E-state index in [1.807, 2.05) is 0 Å². The van der Waals surface area contributed by atoms with E-state index < -0.39 is 51.3 Å². The van der Waals surface area contributed by atoms with E-state index in [9.17, 15) is 29.4 Å². The number of nitrogens with zero attached hydrogens (tertiary/aromatic N) is 5. The van der Waals surface area contributed by atoms with E-state index in [1.54, 1.807) is 0 Å². The summed E-state index contributed by atoms with van der Waals surface area (Å²) in [7, 11) is -0.299. The average Bonchev–Trinajstić information content (AvgIpc) is 3.33. The molecule has 2 aliphatic heterocycles. The van der Waals surface area contributed by atoms with E-state index >= 15 is 0 Å². The molecule has 0 aromatic carbocycles. The minimum Gasteiger partial charge on any atom is -0.473 e. The summed E-state index contributed by atoms with van der Waals surface area (Å²) in [5, 5.41) is 33.9. The number of thiazole rings is 1. The number of thiocarbonyl (C=S) groups is 1. The molecular formula is C20H25N9O7S3. The number of amides is 1. The first kappa shape index (κ1) is 28.6. The van der Waals surface area contributed by atoms with Crippen LogP contribution in [0.2, 0.25) is 0 Å². The summed E-state index contributed by atoms with van der Waals surface area (Å²) < 4.78 is 2.47. The van der Waals surface area contributed by atoms with Gasteiger partial charge in [-0.25, -0.2) is 19.2 Å². The second kappa shape index (κ2) is 11.8. The number of hydrogen-bond donors (Lipinski definition) is 6. The molecule has 39 heavy (non-hydrogen) atoms. The average molecular weight is 600 g/mol. The number of aliphatic hydroxyl groups excluding tert-OH is 1. The Balaban J connectivity index is 1.56. The Morgan fingerprint density at radius 2 is 2.18 bits per heavy atom. The zero-order valence-corrected chi connectivity index (χ0v) is 22.8. The van der Waals surface area contributed by atoms with Crippen molar-refractivity contribution in [2.24, 2.45) is 10.9 Å². The molecule has 4 rings (SSSR count). The summed E-state index contributed by atoms with van der Waals surface area (Å²) in [6, 6.07) is -1.26. The number of hydrogen-bond acceptors (Lipinski definition) is 14. The van der Waals surface area contributed by atoms with Crippen molar-refractivity contribution in [2.75, 3.05) is 19.4 Å². The Hall–Kier alpha value is -3.36. The molecule has 0 saturated carbocycles. The number of H-pyrrole nitrogens is 1. The number of nitrogen functional groups attached to an aromatic ring is 1. The van der Waals surface area contributed by atoms with E-state index in [0.29, 0.717) is 17.7 Å². The van der Waals surface area contributed by atoms with Crippen molar-refractivity contribution in [1.29, 1.82) is 0 Å². The Morgan fingerprint density at radius 1 is 1.44 bits per heavy atom. The van der Waals surface area contributed by atoms with Crippen LogP contribution in [0, 0.1) is 0 Å². The van der Waals surface area contributed by atoms with Gasteiger partial charge in [-0.1, -0.05) is 17.4 Å². The fourth-order valence-corrected chi connectivity index (χ4v) is 7.55. The zero-order chi connectivity index (χ0) is 28.4. The predicted octanol–water partition coefficient (Wildman–Crippen LogP) is -1.60. The molecule has 210 valence electrons. The fraction of sp³-hybridized carbons (Fsp3) is 0.450. The zero-order valence-electron chi connectivity index (χ0n) is 20.4. The highest BCUT2D eigenvalue weighted by molar-refractivity contribution is 8.26. The van der Waals surface area contributed by atoms with Gasteiger partial charge in [0.05, 0.1) is 10.9 Å². The van der Waals surface area contributed by atoms with Crippen LogP contribution in [-0.2, 0) is 16.2 Å². The van der Waals surface area contributed by atoms with Crippen LogP contribution < -0.4 is 27.9 Å². The quantitative estimate of drug-likeness (QED) is 0.0626. The summed E-state index contributed by atoms with van der Waals surface area (Å²) in [4.78, 5) is 58.7. The van der Waals surface area contributed by atoms with Crippen molar-refractivity contribution in [3.63, 3.8) is 0 Å². The molecule has 4 atom stereocenters. The standard InChI is InChI=1S/C20H25N9O7S3/c1-36-27-12(9-7-38-19(22)23-9)15(30)24-13-10-3-2-8(39(20(34)35)29(10)17(13)32)6-11(37)14-25-26-16(31)18(33)28(14)5-4-21/h7,10,13,17,32H,2-6,21H2,1H3,(H2,22,23)(H,24,30)(H,26,31)(H,34,35). The number of oxime groups is 1. The Morgan fingerprint density at radius 3 is 2.79 bits per heavy atom. The Bertz CT molecular complexity index is 1500. The third-order valence-electron chi connectivity index (χ3n) is 6.07. The van der Waals surface area contributed by atoms with Gasteiger partial charge >= 0.3 is 16.4 Å². The molecule has 0 bridgehead atoms. The van der Waals surface area contributed by atoms with Crippen LogP contribution in [0.4, 0.5) is 9.93 Å². The fourth-order valence-electron chi connectivity index (χ4n) is 4.41. The lowest BCUT2D eigenvalue weighted by molar-refractivity contribution is -0.127. The monoisotopic (exact) mass is 599 g/mol. The molecule has 16 nitrogen and oxygen atoms in total. The number of anilines is 1. The molecule has 2 aromatic rings. The SMILES string of the molecule is CON=C(C(=O)NC1C(O)N2C1CCC(CC(=S)c1n[nH]c(=O)c(=O)n1CCN)=S2C(=O)O)c1csc(N)n1. The first-order valence-electron chi connectivity index (χ1n) is 11.4. The highest BCUT2D eigenvalue weighted by atomic mass is 32.2.